The van der Waals surface area contributed by atoms with Crippen LogP contribution < -0.4 is 0 Å². The summed E-state index contributed by atoms with van der Waals surface area (Å²) < 4.78 is 11.3. The van der Waals surface area contributed by atoms with E-state index in [-0.39, 0.29) is 12.7 Å². The van der Waals surface area contributed by atoms with Gasteiger partial charge in [0.05, 0.1) is 0 Å². The van der Waals surface area contributed by atoms with E-state index in [1.54, 1.807) is 12.2 Å². The van der Waals surface area contributed by atoms with Crippen LogP contribution in [0.4, 0.5) is 0 Å². The van der Waals surface area contributed by atoms with Crippen molar-refractivity contribution >= 4 is 0 Å². The molecule has 80 valence electrons. The number of hydrogen-bond donors (Lipinski definition) is 2. The summed E-state index contributed by atoms with van der Waals surface area (Å²) in [7, 11) is 0. The first-order valence-corrected chi connectivity index (χ1v) is 4.85. The minimum absolute atomic E-state index is 0.0208. The van der Waals surface area contributed by atoms with Crippen molar-refractivity contribution in [3.63, 3.8) is 0 Å². The maximum absolute atomic E-state index is 9.65. The molecule has 0 saturated carbocycles. The molecule has 0 aromatic rings. The molecule has 0 unspecified atom stereocenters. The summed E-state index contributed by atoms with van der Waals surface area (Å²) in [4.78, 5) is 0. The molecule has 3 atom stereocenters. The van der Waals surface area contributed by atoms with Gasteiger partial charge in [-0.05, 0) is 13.8 Å². The van der Waals surface area contributed by atoms with E-state index in [1.807, 2.05) is 13.8 Å². The highest BCUT2D eigenvalue weighted by atomic mass is 16.8. The number of ether oxygens (including phenoxy) is 2. The molecule has 1 heterocycles. The normalized spacial score (nSPS) is 44.3. The molecule has 0 radical (unpaired) electrons. The Morgan fingerprint density at radius 2 is 2.14 bits per heavy atom. The van der Waals surface area contributed by atoms with E-state index in [9.17, 15) is 5.11 Å². The van der Waals surface area contributed by atoms with Gasteiger partial charge in [-0.25, -0.2) is 0 Å². The van der Waals surface area contributed by atoms with E-state index in [2.05, 4.69) is 0 Å². The molecule has 0 spiro atoms. The quantitative estimate of drug-likeness (QED) is 0.625. The van der Waals surface area contributed by atoms with Gasteiger partial charge in [0.15, 0.2) is 5.79 Å². The highest BCUT2D eigenvalue weighted by Crippen LogP contribution is 2.44. The predicted molar refractivity (Wildman–Crippen MR) is 49.6 cm³/mol. The molecule has 1 saturated heterocycles. The lowest BCUT2D eigenvalue weighted by atomic mass is 9.96. The summed E-state index contributed by atoms with van der Waals surface area (Å²) in [6.07, 6.45) is 2.89. The monoisotopic (exact) mass is 200 g/mol. The minimum Gasteiger partial charge on any atom is -0.396 e. The Hall–Kier alpha value is -0.420. The molecular weight excluding hydrogens is 184 g/mol. The van der Waals surface area contributed by atoms with Crippen molar-refractivity contribution in [1.29, 1.82) is 0 Å². The maximum Gasteiger partial charge on any atom is 0.164 e. The lowest BCUT2D eigenvalue weighted by molar-refractivity contribution is -0.162. The molecule has 14 heavy (non-hydrogen) atoms. The first-order valence-electron chi connectivity index (χ1n) is 4.85. The second kappa shape index (κ2) is 3.03. The minimum atomic E-state index is -0.689. The number of rotatable bonds is 2. The molecule has 1 aliphatic carbocycles. The molecule has 0 bridgehead atoms. The smallest absolute Gasteiger partial charge is 0.164 e. The molecule has 0 aromatic heterocycles. The van der Waals surface area contributed by atoms with Gasteiger partial charge in [0.2, 0.25) is 0 Å². The molecule has 1 fully saturated rings. The largest absolute Gasteiger partial charge is 0.396 e. The molecule has 0 aromatic carbocycles. The van der Waals surface area contributed by atoms with Crippen molar-refractivity contribution in [1.82, 2.24) is 0 Å². The molecule has 2 aliphatic rings. The van der Waals surface area contributed by atoms with Crippen LogP contribution in [0.25, 0.3) is 0 Å². The average Bonchev–Trinajstić information content (AvgIpc) is 2.47. The average molecular weight is 200 g/mol. The molecule has 1 aliphatic heterocycles. The Kier molecular flexibility index (Phi) is 2.19. The summed E-state index contributed by atoms with van der Waals surface area (Å²) in [6, 6.07) is 0. The lowest BCUT2D eigenvalue weighted by Gasteiger charge is -2.26. The molecule has 2 N–H and O–H groups in total. The van der Waals surface area contributed by atoms with E-state index in [0.29, 0.717) is 6.42 Å². The summed E-state index contributed by atoms with van der Waals surface area (Å²) >= 11 is 0. The van der Waals surface area contributed by atoms with Crippen molar-refractivity contribution < 1.29 is 19.7 Å². The van der Waals surface area contributed by atoms with Crippen LogP contribution in [0.2, 0.25) is 0 Å². The molecule has 0 amide bonds. The van der Waals surface area contributed by atoms with Crippen molar-refractivity contribution in [2.45, 2.75) is 43.9 Å². The Bertz CT molecular complexity index is 261. The van der Waals surface area contributed by atoms with Crippen molar-refractivity contribution in [3.05, 3.63) is 12.2 Å². The molecule has 4 nitrogen and oxygen atoms in total. The second-order valence-electron chi connectivity index (χ2n) is 4.32. The zero-order chi connectivity index (χ0) is 10.4. The lowest BCUT2D eigenvalue weighted by Crippen LogP contribution is -2.40. The van der Waals surface area contributed by atoms with Crippen LogP contribution in [0.1, 0.15) is 20.3 Å². The van der Waals surface area contributed by atoms with Gasteiger partial charge >= 0.3 is 0 Å². The summed E-state index contributed by atoms with van der Waals surface area (Å²) in [5, 5.41) is 18.6. The van der Waals surface area contributed by atoms with E-state index in [1.165, 1.54) is 0 Å². The summed E-state index contributed by atoms with van der Waals surface area (Å²) in [5.74, 6) is -0.689. The Morgan fingerprint density at radius 1 is 1.43 bits per heavy atom. The van der Waals surface area contributed by atoms with Gasteiger partial charge in [0, 0.05) is 13.0 Å². The van der Waals surface area contributed by atoms with Crippen molar-refractivity contribution in [3.8, 4) is 0 Å². The zero-order valence-corrected chi connectivity index (χ0v) is 8.43. The molecular formula is C10H16O4. The van der Waals surface area contributed by atoms with E-state index in [0.717, 1.165) is 0 Å². The fraction of sp³-hybridized carbons (Fsp3) is 0.800. The van der Waals surface area contributed by atoms with Crippen LogP contribution in [0, 0.1) is 0 Å². The van der Waals surface area contributed by atoms with Crippen LogP contribution in [-0.2, 0) is 9.47 Å². The van der Waals surface area contributed by atoms with Crippen LogP contribution >= 0.6 is 0 Å². The SMILES string of the molecule is CC1(C)O[C@H]2[C@@H](O)C=C[C@@]2(CCO)O1. The number of aliphatic hydroxyl groups excluding tert-OH is 2. The van der Waals surface area contributed by atoms with E-state index < -0.39 is 17.5 Å². The van der Waals surface area contributed by atoms with Crippen LogP contribution in [0.5, 0.6) is 0 Å². The van der Waals surface area contributed by atoms with Gasteiger partial charge in [0.25, 0.3) is 0 Å². The van der Waals surface area contributed by atoms with Crippen LogP contribution in [0.15, 0.2) is 12.2 Å². The van der Waals surface area contributed by atoms with Gasteiger partial charge in [-0.2, -0.15) is 0 Å². The van der Waals surface area contributed by atoms with Gasteiger partial charge < -0.3 is 19.7 Å². The van der Waals surface area contributed by atoms with E-state index in [4.69, 9.17) is 14.6 Å². The molecule has 2 rings (SSSR count). The van der Waals surface area contributed by atoms with Crippen LogP contribution in [-0.4, -0.2) is 40.4 Å². The second-order valence-corrected chi connectivity index (χ2v) is 4.32. The Morgan fingerprint density at radius 3 is 2.79 bits per heavy atom. The predicted octanol–water partition coefficient (Wildman–Crippen LogP) is 0.190. The molecule has 4 heteroatoms. The highest BCUT2D eigenvalue weighted by molar-refractivity contribution is 5.22. The topological polar surface area (TPSA) is 58.9 Å². The van der Waals surface area contributed by atoms with Crippen molar-refractivity contribution in [2.24, 2.45) is 0 Å². The number of hydrogen-bond acceptors (Lipinski definition) is 4. The third kappa shape index (κ3) is 1.39. The zero-order valence-electron chi connectivity index (χ0n) is 8.43. The van der Waals surface area contributed by atoms with Gasteiger partial charge in [-0.15, -0.1) is 0 Å². The fourth-order valence-electron chi connectivity index (χ4n) is 2.25. The van der Waals surface area contributed by atoms with Crippen molar-refractivity contribution in [2.75, 3.05) is 6.61 Å². The third-order valence-corrected chi connectivity index (χ3v) is 2.72. The van der Waals surface area contributed by atoms with E-state index >= 15 is 0 Å². The summed E-state index contributed by atoms with van der Waals surface area (Å²) in [5.41, 5.74) is -0.641. The van der Waals surface area contributed by atoms with Crippen LogP contribution in [0.3, 0.4) is 0 Å². The first-order chi connectivity index (χ1) is 6.49. The maximum atomic E-state index is 9.65. The standard InChI is InChI=1S/C10H16O4/c1-9(2)13-8-7(12)3-4-10(8,14-9)5-6-11/h3-4,7-8,11-12H,5-6H2,1-2H3/t7-,8-,10-/m0/s1. The Balaban J connectivity index is 2.25. The summed E-state index contributed by atoms with van der Waals surface area (Å²) in [6.45, 7) is 3.64. The third-order valence-electron chi connectivity index (χ3n) is 2.72. The fourth-order valence-corrected chi connectivity index (χ4v) is 2.25. The van der Waals surface area contributed by atoms with Gasteiger partial charge in [-0.1, -0.05) is 12.2 Å². The first kappa shape index (κ1) is 10.1. The highest BCUT2D eigenvalue weighted by Gasteiger charge is 2.56. The number of aliphatic hydroxyl groups is 2. The number of fused-ring (bicyclic) bond motifs is 1. The van der Waals surface area contributed by atoms with Gasteiger partial charge in [0.1, 0.15) is 17.8 Å². The van der Waals surface area contributed by atoms with Gasteiger partial charge in [-0.3, -0.25) is 0 Å². The Labute approximate surface area is 83.1 Å².